The third-order valence-corrected chi connectivity index (χ3v) is 6.55. The molecule has 3 rings (SSSR count). The molecule has 0 aliphatic carbocycles. The van der Waals surface area contributed by atoms with Crippen LogP contribution in [-0.2, 0) is 16.0 Å². The number of morpholine rings is 1. The van der Waals surface area contributed by atoms with Crippen LogP contribution >= 0.6 is 24.0 Å². The zero-order chi connectivity index (χ0) is 23.1. The Morgan fingerprint density at radius 1 is 1.12 bits per heavy atom. The van der Waals surface area contributed by atoms with Crippen molar-refractivity contribution in [2.24, 2.45) is 10.9 Å². The summed E-state index contributed by atoms with van der Waals surface area (Å²) in [7, 11) is 1.80. The summed E-state index contributed by atoms with van der Waals surface area (Å²) in [6, 6.07) is 10.4. The average molecular weight is 572 g/mol. The molecule has 0 saturated carbocycles. The molecule has 8 heteroatoms. The number of hydrogen-bond acceptors (Lipinski definition) is 4. The van der Waals surface area contributed by atoms with E-state index in [1.807, 2.05) is 23.1 Å². The maximum atomic E-state index is 12.4. The molecule has 0 radical (unpaired) electrons. The summed E-state index contributed by atoms with van der Waals surface area (Å²) in [5.41, 5.74) is 1.26. The SMILES string of the molecule is CN=C(NCC1CC(=O)N(CCc2ccccc2)C1)NCC(C)(C)N1CC(C)OC(C)C1.I. The summed E-state index contributed by atoms with van der Waals surface area (Å²) in [4.78, 5) is 21.3. The van der Waals surface area contributed by atoms with Gasteiger partial charge in [0.25, 0.3) is 0 Å². The Bertz CT molecular complexity index is 763. The van der Waals surface area contributed by atoms with Crippen molar-refractivity contribution < 1.29 is 9.53 Å². The number of aliphatic imine (C=N–C) groups is 1. The van der Waals surface area contributed by atoms with Gasteiger partial charge in [0.1, 0.15) is 0 Å². The maximum Gasteiger partial charge on any atom is 0.223 e. The molecule has 0 spiro atoms. The Morgan fingerprint density at radius 2 is 1.79 bits per heavy atom. The Morgan fingerprint density at radius 3 is 2.42 bits per heavy atom. The van der Waals surface area contributed by atoms with Gasteiger partial charge in [0, 0.05) is 64.2 Å². The average Bonchev–Trinajstić information content (AvgIpc) is 3.12. The number of likely N-dealkylation sites (tertiary alicyclic amines) is 1. The first-order chi connectivity index (χ1) is 15.3. The quantitative estimate of drug-likeness (QED) is 0.286. The van der Waals surface area contributed by atoms with Crippen LogP contribution in [0.3, 0.4) is 0 Å². The predicted molar refractivity (Wildman–Crippen MR) is 145 cm³/mol. The number of nitrogens with zero attached hydrogens (tertiary/aromatic N) is 3. The molecule has 186 valence electrons. The molecule has 2 N–H and O–H groups in total. The molecule has 2 heterocycles. The highest BCUT2D eigenvalue weighted by atomic mass is 127. The molecule has 1 amide bonds. The van der Waals surface area contributed by atoms with E-state index in [0.29, 0.717) is 12.3 Å². The van der Waals surface area contributed by atoms with Gasteiger partial charge >= 0.3 is 0 Å². The monoisotopic (exact) mass is 571 g/mol. The third kappa shape index (κ3) is 8.40. The molecule has 33 heavy (non-hydrogen) atoms. The van der Waals surface area contributed by atoms with E-state index in [1.54, 1.807) is 7.05 Å². The minimum Gasteiger partial charge on any atom is -0.373 e. The molecule has 2 aliphatic rings. The lowest BCUT2D eigenvalue weighted by atomic mass is 10.00. The summed E-state index contributed by atoms with van der Waals surface area (Å²) in [6.07, 6.45) is 2.01. The van der Waals surface area contributed by atoms with Crippen LogP contribution in [0.2, 0.25) is 0 Å². The van der Waals surface area contributed by atoms with Crippen molar-refractivity contribution in [1.29, 1.82) is 0 Å². The van der Waals surface area contributed by atoms with Gasteiger partial charge in [0.05, 0.1) is 12.2 Å². The van der Waals surface area contributed by atoms with Gasteiger partial charge in [-0.25, -0.2) is 0 Å². The molecule has 1 aromatic rings. The lowest BCUT2D eigenvalue weighted by Crippen LogP contribution is -2.59. The third-order valence-electron chi connectivity index (χ3n) is 6.55. The van der Waals surface area contributed by atoms with Gasteiger partial charge in [-0.05, 0) is 39.7 Å². The van der Waals surface area contributed by atoms with Crippen LogP contribution in [0.4, 0.5) is 0 Å². The lowest BCUT2D eigenvalue weighted by molar-refractivity contribution is -0.127. The van der Waals surface area contributed by atoms with E-state index in [-0.39, 0.29) is 47.6 Å². The lowest BCUT2D eigenvalue weighted by Gasteiger charge is -2.45. The van der Waals surface area contributed by atoms with Crippen molar-refractivity contribution in [2.45, 2.75) is 58.3 Å². The van der Waals surface area contributed by atoms with Crippen molar-refractivity contribution in [3.63, 3.8) is 0 Å². The van der Waals surface area contributed by atoms with Crippen molar-refractivity contribution in [2.75, 3.05) is 46.3 Å². The van der Waals surface area contributed by atoms with E-state index >= 15 is 0 Å². The number of benzene rings is 1. The number of hydrogen-bond donors (Lipinski definition) is 2. The second-order valence-electron chi connectivity index (χ2n) is 9.93. The zero-order valence-corrected chi connectivity index (χ0v) is 23.2. The fourth-order valence-electron chi connectivity index (χ4n) is 4.66. The maximum absolute atomic E-state index is 12.4. The Hall–Kier alpha value is -1.39. The molecule has 1 aromatic carbocycles. The van der Waals surface area contributed by atoms with Gasteiger partial charge in [-0.15, -0.1) is 24.0 Å². The molecule has 3 unspecified atom stereocenters. The number of rotatable bonds is 8. The van der Waals surface area contributed by atoms with E-state index < -0.39 is 0 Å². The fraction of sp³-hybridized carbons (Fsp3) is 0.680. The number of amides is 1. The number of halogens is 1. The molecule has 0 aromatic heterocycles. The van der Waals surface area contributed by atoms with E-state index in [4.69, 9.17) is 4.74 Å². The van der Waals surface area contributed by atoms with E-state index in [0.717, 1.165) is 51.6 Å². The minimum absolute atomic E-state index is 0. The normalized spacial score (nSPS) is 24.5. The first-order valence-corrected chi connectivity index (χ1v) is 11.9. The molecule has 0 bridgehead atoms. The molecule has 2 aliphatic heterocycles. The molecular formula is C25H42IN5O2. The van der Waals surface area contributed by atoms with Gasteiger partial charge in [0.15, 0.2) is 5.96 Å². The van der Waals surface area contributed by atoms with Gasteiger partial charge in [-0.2, -0.15) is 0 Å². The largest absolute Gasteiger partial charge is 0.373 e. The topological polar surface area (TPSA) is 69.2 Å². The molecule has 2 saturated heterocycles. The second kappa shape index (κ2) is 12.9. The highest BCUT2D eigenvalue weighted by Crippen LogP contribution is 2.21. The van der Waals surface area contributed by atoms with Gasteiger partial charge < -0.3 is 20.3 Å². The van der Waals surface area contributed by atoms with Crippen LogP contribution in [0.1, 0.15) is 39.7 Å². The predicted octanol–water partition coefficient (Wildman–Crippen LogP) is 2.75. The molecule has 3 atom stereocenters. The minimum atomic E-state index is -0.0124. The number of ether oxygens (including phenoxy) is 1. The molecular weight excluding hydrogens is 529 g/mol. The summed E-state index contributed by atoms with van der Waals surface area (Å²) in [5.74, 6) is 1.36. The van der Waals surface area contributed by atoms with Crippen molar-refractivity contribution in [1.82, 2.24) is 20.4 Å². The smallest absolute Gasteiger partial charge is 0.223 e. The van der Waals surface area contributed by atoms with E-state index in [9.17, 15) is 4.79 Å². The van der Waals surface area contributed by atoms with Gasteiger partial charge in [-0.3, -0.25) is 14.7 Å². The van der Waals surface area contributed by atoms with Crippen LogP contribution in [0.25, 0.3) is 0 Å². The summed E-state index contributed by atoms with van der Waals surface area (Å²) in [5, 5.41) is 6.92. The van der Waals surface area contributed by atoms with E-state index in [1.165, 1.54) is 5.56 Å². The van der Waals surface area contributed by atoms with E-state index in [2.05, 4.69) is 60.4 Å². The van der Waals surface area contributed by atoms with Gasteiger partial charge in [0.2, 0.25) is 5.91 Å². The fourth-order valence-corrected chi connectivity index (χ4v) is 4.66. The van der Waals surface area contributed by atoms with Gasteiger partial charge in [-0.1, -0.05) is 30.3 Å². The van der Waals surface area contributed by atoms with Crippen LogP contribution in [0.5, 0.6) is 0 Å². The number of carbonyl (C=O) groups excluding carboxylic acids is 1. The Labute approximate surface area is 216 Å². The van der Waals surface area contributed by atoms with Crippen molar-refractivity contribution in [3.8, 4) is 0 Å². The standard InChI is InChI=1S/C25H41N5O2.HI/c1-19-15-30(16-20(2)32-19)25(3,4)18-28-24(26-5)27-14-22-13-23(31)29(17-22)12-11-21-9-7-6-8-10-21;/h6-10,19-20,22H,11-18H2,1-5H3,(H2,26,27,28);1H. The Balaban J connectivity index is 0.00000385. The highest BCUT2D eigenvalue weighted by Gasteiger charge is 2.33. The summed E-state index contributed by atoms with van der Waals surface area (Å²) >= 11 is 0. The second-order valence-corrected chi connectivity index (χ2v) is 9.93. The first kappa shape index (κ1) is 27.9. The van der Waals surface area contributed by atoms with Crippen molar-refractivity contribution in [3.05, 3.63) is 35.9 Å². The highest BCUT2D eigenvalue weighted by molar-refractivity contribution is 14.0. The molecule has 7 nitrogen and oxygen atoms in total. The zero-order valence-electron chi connectivity index (χ0n) is 20.8. The number of carbonyl (C=O) groups is 1. The Kier molecular flexibility index (Phi) is 10.9. The first-order valence-electron chi connectivity index (χ1n) is 11.9. The van der Waals surface area contributed by atoms with Crippen LogP contribution < -0.4 is 10.6 Å². The van der Waals surface area contributed by atoms with Crippen LogP contribution in [0, 0.1) is 5.92 Å². The number of guanidine groups is 1. The number of nitrogens with one attached hydrogen (secondary N) is 2. The summed E-state index contributed by atoms with van der Waals surface area (Å²) < 4.78 is 5.88. The summed E-state index contributed by atoms with van der Waals surface area (Å²) in [6.45, 7) is 13.8. The molecule has 2 fully saturated rings. The van der Waals surface area contributed by atoms with Crippen molar-refractivity contribution >= 4 is 35.8 Å². The van der Waals surface area contributed by atoms with Crippen LogP contribution in [-0.4, -0.2) is 85.7 Å². The van der Waals surface area contributed by atoms with Crippen LogP contribution in [0.15, 0.2) is 35.3 Å².